The summed E-state index contributed by atoms with van der Waals surface area (Å²) in [5.74, 6) is -0.442. The second-order valence-electron chi connectivity index (χ2n) is 12.1. The van der Waals surface area contributed by atoms with Crippen molar-refractivity contribution in [2.75, 3.05) is 19.6 Å². The fraction of sp³-hybridized carbons (Fsp3) is 0.808. The van der Waals surface area contributed by atoms with Gasteiger partial charge in [-0.3, -0.25) is 9.59 Å². The van der Waals surface area contributed by atoms with E-state index in [2.05, 4.69) is 26.6 Å². The molecule has 0 aromatic carbocycles. The van der Waals surface area contributed by atoms with Crippen LogP contribution in [-0.4, -0.2) is 79.1 Å². The normalized spacial score (nSPS) is 13.3. The molecule has 0 aromatic rings. The van der Waals surface area contributed by atoms with E-state index >= 15 is 0 Å². The van der Waals surface area contributed by atoms with Crippen molar-refractivity contribution in [2.45, 2.75) is 117 Å². The van der Waals surface area contributed by atoms with Crippen LogP contribution in [0.5, 0.6) is 0 Å². The first-order valence-corrected chi connectivity index (χ1v) is 13.2. The first kappa shape index (κ1) is 35.8. The van der Waals surface area contributed by atoms with Crippen LogP contribution in [0.3, 0.4) is 0 Å². The number of carbonyl (C=O) groups is 5. The monoisotopic (exact) mass is 559 g/mol. The highest BCUT2D eigenvalue weighted by molar-refractivity contribution is 5.83. The van der Waals surface area contributed by atoms with Crippen molar-refractivity contribution in [3.63, 3.8) is 0 Å². The van der Waals surface area contributed by atoms with Crippen LogP contribution in [-0.2, 0) is 23.8 Å². The van der Waals surface area contributed by atoms with Gasteiger partial charge in [-0.15, -0.1) is 0 Å². The highest BCUT2D eigenvalue weighted by Gasteiger charge is 2.23. The summed E-state index contributed by atoms with van der Waals surface area (Å²) in [6.07, 6.45) is 0.268. The zero-order valence-corrected chi connectivity index (χ0v) is 24.9. The molecule has 0 heterocycles. The van der Waals surface area contributed by atoms with Crippen molar-refractivity contribution in [3.8, 4) is 0 Å². The Balaban J connectivity index is 4.90. The Hall–Kier alpha value is -3.25. The zero-order chi connectivity index (χ0) is 30.3. The van der Waals surface area contributed by atoms with Crippen molar-refractivity contribution < 1.29 is 38.2 Å². The Morgan fingerprint density at radius 3 is 1.54 bits per heavy atom. The molecule has 13 heteroatoms. The molecule has 0 saturated carbocycles. The number of nitrogens with one attached hydrogen (secondary N) is 5. The van der Waals surface area contributed by atoms with Crippen LogP contribution in [0.15, 0.2) is 0 Å². The fourth-order valence-electron chi connectivity index (χ4n) is 3.08. The van der Waals surface area contributed by atoms with Crippen LogP contribution in [0.25, 0.3) is 0 Å². The molecule has 0 aliphatic carbocycles. The summed E-state index contributed by atoms with van der Waals surface area (Å²) in [6.45, 7) is 16.4. The number of ether oxygens (including phenoxy) is 3. The van der Waals surface area contributed by atoms with Gasteiger partial charge in [-0.1, -0.05) is 0 Å². The van der Waals surface area contributed by atoms with Gasteiger partial charge in [0.05, 0.1) is 0 Å². The van der Waals surface area contributed by atoms with E-state index in [0.29, 0.717) is 32.2 Å². The van der Waals surface area contributed by atoms with Gasteiger partial charge >= 0.3 is 18.3 Å². The maximum atomic E-state index is 12.8. The van der Waals surface area contributed by atoms with Crippen molar-refractivity contribution in [2.24, 2.45) is 0 Å². The molecule has 39 heavy (non-hydrogen) atoms. The molecule has 0 radical (unpaired) electrons. The molecule has 5 amide bonds. The third kappa shape index (κ3) is 21.4. The van der Waals surface area contributed by atoms with E-state index in [-0.39, 0.29) is 19.5 Å². The lowest BCUT2D eigenvalue weighted by Gasteiger charge is -2.25. The molecule has 0 bridgehead atoms. The second kappa shape index (κ2) is 16.7. The third-order valence-electron chi connectivity index (χ3n) is 4.56. The topological polar surface area (TPSA) is 173 Å². The highest BCUT2D eigenvalue weighted by atomic mass is 16.6. The standard InChI is InChI=1S/C26H49N5O8/c1-24(2,3)37-21(34)27-14-10-12-18(31-23(36)39-26(7,8)9)16-29-20(33)19(30-17-32)13-11-15-28-22(35)38-25(4,5)6/h17-19H,10-16H2,1-9H3,(H,27,34)(H,28,35)(H,29,33)(H,30,32)(H,31,36)/t18-,19-/m0/s1. The minimum Gasteiger partial charge on any atom is -0.444 e. The number of rotatable bonds is 14. The molecule has 0 fully saturated rings. The number of hydrogen-bond donors (Lipinski definition) is 5. The number of hydrogen-bond acceptors (Lipinski definition) is 8. The van der Waals surface area contributed by atoms with Gasteiger partial charge in [0.15, 0.2) is 0 Å². The van der Waals surface area contributed by atoms with Crippen LogP contribution in [0.2, 0.25) is 0 Å². The van der Waals surface area contributed by atoms with Gasteiger partial charge in [-0.05, 0) is 88.0 Å². The maximum Gasteiger partial charge on any atom is 0.407 e. The minimum absolute atomic E-state index is 0.0672. The number of amides is 5. The van der Waals surface area contributed by atoms with Crippen molar-refractivity contribution in [1.82, 2.24) is 26.6 Å². The molecule has 0 aliphatic heterocycles. The summed E-state index contributed by atoms with van der Waals surface area (Å²) in [4.78, 5) is 59.7. The van der Waals surface area contributed by atoms with E-state index in [1.165, 1.54) is 0 Å². The van der Waals surface area contributed by atoms with E-state index in [0.717, 1.165) is 0 Å². The average Bonchev–Trinajstić information content (AvgIpc) is 2.72. The third-order valence-corrected chi connectivity index (χ3v) is 4.56. The van der Waals surface area contributed by atoms with Gasteiger partial charge in [0, 0.05) is 25.7 Å². The van der Waals surface area contributed by atoms with Gasteiger partial charge in [0.25, 0.3) is 0 Å². The Bertz CT molecular complexity index is 800. The Morgan fingerprint density at radius 1 is 0.667 bits per heavy atom. The molecule has 0 aliphatic rings. The molecule has 0 rings (SSSR count). The van der Waals surface area contributed by atoms with E-state index in [1.807, 2.05) is 0 Å². The largest absolute Gasteiger partial charge is 0.444 e. The Labute approximate surface area is 232 Å². The molecule has 2 atom stereocenters. The summed E-state index contributed by atoms with van der Waals surface area (Å²) < 4.78 is 15.7. The zero-order valence-electron chi connectivity index (χ0n) is 24.9. The first-order chi connectivity index (χ1) is 17.8. The molecule has 0 saturated heterocycles. The molecule has 0 spiro atoms. The fourth-order valence-corrected chi connectivity index (χ4v) is 3.08. The van der Waals surface area contributed by atoms with Crippen LogP contribution in [0.1, 0.15) is 88.0 Å². The average molecular weight is 560 g/mol. The molecular formula is C26H49N5O8. The SMILES string of the molecule is CC(C)(C)OC(=O)NCCC[C@@H](CNC(=O)[C@H](CCCNC(=O)OC(C)(C)C)NC=O)NC(=O)OC(C)(C)C. The lowest BCUT2D eigenvalue weighted by Crippen LogP contribution is -2.50. The predicted octanol–water partition coefficient (Wildman–Crippen LogP) is 2.72. The molecule has 0 aromatic heterocycles. The van der Waals surface area contributed by atoms with E-state index in [4.69, 9.17) is 14.2 Å². The number of carbonyl (C=O) groups excluding carboxylic acids is 5. The van der Waals surface area contributed by atoms with E-state index in [1.54, 1.807) is 62.3 Å². The summed E-state index contributed by atoms with van der Waals surface area (Å²) in [5.41, 5.74) is -1.95. The van der Waals surface area contributed by atoms with Crippen molar-refractivity contribution in [3.05, 3.63) is 0 Å². The van der Waals surface area contributed by atoms with Gasteiger partial charge in [0.1, 0.15) is 22.8 Å². The van der Waals surface area contributed by atoms with E-state index < -0.39 is 53.1 Å². The summed E-state index contributed by atoms with van der Waals surface area (Å²) in [5, 5.41) is 13.2. The second-order valence-corrected chi connectivity index (χ2v) is 12.1. The van der Waals surface area contributed by atoms with Crippen molar-refractivity contribution in [1.29, 1.82) is 0 Å². The van der Waals surface area contributed by atoms with Gasteiger partial charge in [-0.2, -0.15) is 0 Å². The minimum atomic E-state index is -0.834. The molecule has 0 unspecified atom stereocenters. The summed E-state index contributed by atoms with van der Waals surface area (Å²) >= 11 is 0. The van der Waals surface area contributed by atoms with E-state index in [9.17, 15) is 24.0 Å². The van der Waals surface area contributed by atoms with Crippen LogP contribution in [0, 0.1) is 0 Å². The number of alkyl carbamates (subject to hydrolysis) is 3. The Morgan fingerprint density at radius 2 is 1.10 bits per heavy atom. The van der Waals surface area contributed by atoms with Crippen LogP contribution in [0.4, 0.5) is 14.4 Å². The first-order valence-electron chi connectivity index (χ1n) is 13.2. The van der Waals surface area contributed by atoms with Gasteiger partial charge in [-0.25, -0.2) is 14.4 Å². The lowest BCUT2D eigenvalue weighted by molar-refractivity contribution is -0.125. The summed E-state index contributed by atoms with van der Waals surface area (Å²) in [6, 6.07) is -1.34. The highest BCUT2D eigenvalue weighted by Crippen LogP contribution is 2.09. The van der Waals surface area contributed by atoms with Crippen LogP contribution < -0.4 is 26.6 Å². The lowest BCUT2D eigenvalue weighted by atomic mass is 10.1. The Kier molecular flexibility index (Phi) is 15.3. The van der Waals surface area contributed by atoms with Gasteiger partial charge in [0.2, 0.25) is 12.3 Å². The smallest absolute Gasteiger partial charge is 0.407 e. The molecule has 5 N–H and O–H groups in total. The summed E-state index contributed by atoms with van der Waals surface area (Å²) in [7, 11) is 0. The predicted molar refractivity (Wildman–Crippen MR) is 146 cm³/mol. The molecule has 226 valence electrons. The van der Waals surface area contributed by atoms with Crippen molar-refractivity contribution >= 4 is 30.6 Å². The van der Waals surface area contributed by atoms with Gasteiger partial charge < -0.3 is 40.8 Å². The quantitative estimate of drug-likeness (QED) is 0.123. The van der Waals surface area contributed by atoms with Crippen LogP contribution >= 0.6 is 0 Å². The molecular weight excluding hydrogens is 510 g/mol. The maximum absolute atomic E-state index is 12.8. The molecule has 13 nitrogen and oxygen atoms in total.